The van der Waals surface area contributed by atoms with E-state index in [4.69, 9.17) is 4.74 Å². The predicted octanol–water partition coefficient (Wildman–Crippen LogP) is 3.85. The number of ketones is 1. The van der Waals surface area contributed by atoms with Crippen LogP contribution < -0.4 is 4.74 Å². The van der Waals surface area contributed by atoms with Crippen LogP contribution >= 0.6 is 0 Å². The number of ether oxygens (including phenoxy) is 2. The van der Waals surface area contributed by atoms with Gasteiger partial charge in [0.2, 0.25) is 0 Å². The molecule has 2 aromatic rings. The maximum absolute atomic E-state index is 12.2. The van der Waals surface area contributed by atoms with E-state index < -0.39 is 11.8 Å². The molecular formula is C20H22O4. The van der Waals surface area contributed by atoms with E-state index in [1.165, 1.54) is 12.7 Å². The van der Waals surface area contributed by atoms with Gasteiger partial charge in [-0.15, -0.1) is 0 Å². The van der Waals surface area contributed by atoms with Gasteiger partial charge in [0.1, 0.15) is 12.4 Å². The summed E-state index contributed by atoms with van der Waals surface area (Å²) in [6.07, 6.45) is 0. The monoisotopic (exact) mass is 326 g/mol. The highest BCUT2D eigenvalue weighted by Crippen LogP contribution is 2.25. The fraction of sp³-hybridized carbons (Fsp3) is 0.300. The summed E-state index contributed by atoms with van der Waals surface area (Å²) < 4.78 is 10.5. The fourth-order valence-corrected chi connectivity index (χ4v) is 2.55. The van der Waals surface area contributed by atoms with Crippen molar-refractivity contribution in [3.8, 4) is 5.75 Å². The highest BCUT2D eigenvalue weighted by atomic mass is 16.5. The summed E-state index contributed by atoms with van der Waals surface area (Å²) in [5, 5.41) is 0. The molecule has 126 valence electrons. The second-order valence-corrected chi connectivity index (χ2v) is 5.91. The average Bonchev–Trinajstić information content (AvgIpc) is 2.56. The van der Waals surface area contributed by atoms with E-state index in [-0.39, 0.29) is 6.61 Å². The molecule has 0 saturated heterocycles. The Morgan fingerprint density at radius 2 is 1.58 bits per heavy atom. The molecule has 0 aliphatic heterocycles. The third-order valence-corrected chi connectivity index (χ3v) is 4.19. The summed E-state index contributed by atoms with van der Waals surface area (Å²) in [7, 11) is 1.20. The lowest BCUT2D eigenvalue weighted by Gasteiger charge is -2.15. The molecule has 0 spiro atoms. The van der Waals surface area contributed by atoms with Gasteiger partial charge in [0, 0.05) is 11.1 Å². The summed E-state index contributed by atoms with van der Waals surface area (Å²) in [5.74, 6) is -0.751. The van der Waals surface area contributed by atoms with Gasteiger partial charge in [-0.25, -0.2) is 4.79 Å². The molecule has 0 fully saturated rings. The van der Waals surface area contributed by atoms with Crippen LogP contribution in [-0.2, 0) is 16.1 Å². The van der Waals surface area contributed by atoms with Crippen LogP contribution in [0, 0.1) is 27.7 Å². The number of carbonyl (C=O) groups is 2. The van der Waals surface area contributed by atoms with Crippen LogP contribution in [0.3, 0.4) is 0 Å². The molecule has 0 N–H and O–H groups in total. The van der Waals surface area contributed by atoms with E-state index in [9.17, 15) is 9.59 Å². The molecule has 0 bridgehead atoms. The van der Waals surface area contributed by atoms with Gasteiger partial charge in [0.05, 0.1) is 7.11 Å². The van der Waals surface area contributed by atoms with Crippen molar-refractivity contribution in [1.29, 1.82) is 0 Å². The van der Waals surface area contributed by atoms with Crippen LogP contribution in [-0.4, -0.2) is 18.9 Å². The summed E-state index contributed by atoms with van der Waals surface area (Å²) in [6, 6.07) is 9.32. The highest BCUT2D eigenvalue weighted by Gasteiger charge is 2.21. The van der Waals surface area contributed by atoms with Crippen molar-refractivity contribution in [1.82, 2.24) is 0 Å². The maximum atomic E-state index is 12.2. The first-order valence-corrected chi connectivity index (χ1v) is 7.77. The second kappa shape index (κ2) is 7.30. The first kappa shape index (κ1) is 17.7. The molecule has 0 amide bonds. The SMILES string of the molecule is COC(=O)C(=O)c1cccc(C)c1COc1cc(C)c(C)cc1C. The Morgan fingerprint density at radius 1 is 0.917 bits per heavy atom. The standard InChI is InChI=1S/C20H22O4/c1-12-7-6-8-16(19(21)20(22)23-5)17(12)11-24-18-10-14(3)13(2)9-15(18)4/h6-10H,11H2,1-5H3. The number of hydrogen-bond acceptors (Lipinski definition) is 4. The van der Waals surface area contributed by atoms with Crippen LogP contribution in [0.1, 0.15) is 38.2 Å². The molecule has 0 aliphatic carbocycles. The van der Waals surface area contributed by atoms with Crippen molar-refractivity contribution in [2.24, 2.45) is 0 Å². The zero-order valence-corrected chi connectivity index (χ0v) is 14.7. The first-order valence-electron chi connectivity index (χ1n) is 7.77. The number of benzene rings is 2. The molecule has 0 aliphatic rings. The number of Topliss-reactive ketones (excluding diaryl/α,β-unsaturated/α-hetero) is 1. The minimum atomic E-state index is -0.871. The Balaban J connectivity index is 2.32. The molecular weight excluding hydrogens is 304 g/mol. The van der Waals surface area contributed by atoms with Gasteiger partial charge in [0.15, 0.2) is 0 Å². The van der Waals surface area contributed by atoms with Gasteiger partial charge >= 0.3 is 5.97 Å². The number of aryl methyl sites for hydroxylation is 4. The third kappa shape index (κ3) is 3.65. The number of hydrogen-bond donors (Lipinski definition) is 0. The van der Waals surface area contributed by atoms with Gasteiger partial charge in [-0.2, -0.15) is 0 Å². The topological polar surface area (TPSA) is 52.6 Å². The van der Waals surface area contributed by atoms with Gasteiger partial charge < -0.3 is 9.47 Å². The van der Waals surface area contributed by atoms with Crippen LogP contribution in [0.25, 0.3) is 0 Å². The molecule has 0 unspecified atom stereocenters. The van der Waals surface area contributed by atoms with Crippen molar-refractivity contribution in [2.45, 2.75) is 34.3 Å². The first-order chi connectivity index (χ1) is 11.3. The molecule has 2 rings (SSSR count). The zero-order valence-electron chi connectivity index (χ0n) is 14.7. The quantitative estimate of drug-likeness (QED) is 0.476. The largest absolute Gasteiger partial charge is 0.489 e. The second-order valence-electron chi connectivity index (χ2n) is 5.91. The smallest absolute Gasteiger partial charge is 0.379 e. The van der Waals surface area contributed by atoms with E-state index in [2.05, 4.69) is 17.7 Å². The third-order valence-electron chi connectivity index (χ3n) is 4.19. The molecule has 0 heterocycles. The number of carbonyl (C=O) groups excluding carboxylic acids is 2. The maximum Gasteiger partial charge on any atom is 0.379 e. The number of esters is 1. The van der Waals surface area contributed by atoms with E-state index in [1.54, 1.807) is 12.1 Å². The molecule has 0 saturated carbocycles. The molecule has 0 radical (unpaired) electrons. The molecule has 2 aromatic carbocycles. The van der Waals surface area contributed by atoms with Crippen molar-refractivity contribution < 1.29 is 19.1 Å². The van der Waals surface area contributed by atoms with Crippen LogP contribution in [0.4, 0.5) is 0 Å². The van der Waals surface area contributed by atoms with E-state index in [0.29, 0.717) is 11.1 Å². The lowest BCUT2D eigenvalue weighted by Crippen LogP contribution is -2.18. The summed E-state index contributed by atoms with van der Waals surface area (Å²) in [6.45, 7) is 8.18. The van der Waals surface area contributed by atoms with Crippen molar-refractivity contribution in [3.63, 3.8) is 0 Å². The zero-order chi connectivity index (χ0) is 17.9. The lowest BCUT2D eigenvalue weighted by atomic mass is 9.99. The van der Waals surface area contributed by atoms with Crippen LogP contribution in [0.5, 0.6) is 5.75 Å². The summed E-state index contributed by atoms with van der Waals surface area (Å²) in [5.41, 5.74) is 5.30. The van der Waals surface area contributed by atoms with Gasteiger partial charge in [0.25, 0.3) is 5.78 Å². The number of rotatable bonds is 5. The number of methoxy groups -OCH3 is 1. The molecule has 0 atom stereocenters. The predicted molar refractivity (Wildman–Crippen MR) is 92.5 cm³/mol. The minimum Gasteiger partial charge on any atom is -0.489 e. The normalized spacial score (nSPS) is 10.4. The molecule has 24 heavy (non-hydrogen) atoms. The Labute approximate surface area is 142 Å². The van der Waals surface area contributed by atoms with E-state index >= 15 is 0 Å². The fourth-order valence-electron chi connectivity index (χ4n) is 2.55. The molecule has 4 nitrogen and oxygen atoms in total. The summed E-state index contributed by atoms with van der Waals surface area (Å²) >= 11 is 0. The Hall–Kier alpha value is -2.62. The molecule has 4 heteroatoms. The van der Waals surface area contributed by atoms with Gasteiger partial charge in [-0.3, -0.25) is 4.79 Å². The Bertz CT molecular complexity index is 790. The Morgan fingerprint density at radius 3 is 2.25 bits per heavy atom. The molecule has 0 aromatic heterocycles. The van der Waals surface area contributed by atoms with Crippen molar-refractivity contribution in [3.05, 3.63) is 63.7 Å². The highest BCUT2D eigenvalue weighted by molar-refractivity contribution is 6.41. The Kier molecular flexibility index (Phi) is 5.39. The van der Waals surface area contributed by atoms with Crippen molar-refractivity contribution >= 4 is 11.8 Å². The summed E-state index contributed by atoms with van der Waals surface area (Å²) in [4.78, 5) is 23.8. The van der Waals surface area contributed by atoms with Crippen LogP contribution in [0.15, 0.2) is 30.3 Å². The minimum absolute atomic E-state index is 0.216. The van der Waals surface area contributed by atoms with Gasteiger partial charge in [-0.05, 0) is 56.0 Å². The lowest BCUT2D eigenvalue weighted by molar-refractivity contribution is -0.135. The van der Waals surface area contributed by atoms with Crippen LogP contribution in [0.2, 0.25) is 0 Å². The van der Waals surface area contributed by atoms with Crippen molar-refractivity contribution in [2.75, 3.05) is 7.11 Å². The van der Waals surface area contributed by atoms with E-state index in [0.717, 1.165) is 22.4 Å². The van der Waals surface area contributed by atoms with E-state index in [1.807, 2.05) is 32.9 Å². The average molecular weight is 326 g/mol. The van der Waals surface area contributed by atoms with Gasteiger partial charge in [-0.1, -0.05) is 24.3 Å².